The normalized spacial score (nSPS) is 13.2. The van der Waals surface area contributed by atoms with Gasteiger partial charge in [-0.2, -0.15) is 5.10 Å². The van der Waals surface area contributed by atoms with E-state index in [1.807, 2.05) is 19.9 Å². The van der Waals surface area contributed by atoms with E-state index < -0.39 is 0 Å². The van der Waals surface area contributed by atoms with E-state index >= 15 is 0 Å². The molecule has 2 heterocycles. The molecule has 5 heteroatoms. The van der Waals surface area contributed by atoms with Gasteiger partial charge in [0.2, 0.25) is 0 Å². The molecule has 1 N–H and O–H groups in total. The maximum atomic E-state index is 9.24. The van der Waals surface area contributed by atoms with Crippen LogP contribution in [0.15, 0.2) is 12.1 Å². The lowest BCUT2D eigenvalue weighted by Gasteiger charge is -2.11. The van der Waals surface area contributed by atoms with Crippen molar-refractivity contribution in [2.75, 3.05) is 6.61 Å². The average Bonchev–Trinajstić information content (AvgIpc) is 2.61. The van der Waals surface area contributed by atoms with E-state index in [-0.39, 0.29) is 12.5 Å². The first kappa shape index (κ1) is 11.4. The Morgan fingerprint density at radius 2 is 2.25 bits per heavy atom. The lowest BCUT2D eigenvalue weighted by molar-refractivity contribution is 0.260. The van der Waals surface area contributed by atoms with Gasteiger partial charge in [-0.25, -0.2) is 9.50 Å². The predicted octanol–water partition coefficient (Wildman–Crippen LogP) is 2.18. The van der Waals surface area contributed by atoms with Gasteiger partial charge in [-0.1, -0.05) is 18.5 Å². The van der Waals surface area contributed by atoms with Gasteiger partial charge in [0.05, 0.1) is 18.0 Å². The second-order valence-electron chi connectivity index (χ2n) is 3.85. The number of fused-ring (bicyclic) bond motifs is 1. The molecule has 1 unspecified atom stereocenters. The van der Waals surface area contributed by atoms with E-state index in [1.54, 1.807) is 10.6 Å². The topological polar surface area (TPSA) is 50.4 Å². The Morgan fingerprint density at radius 3 is 2.88 bits per heavy atom. The summed E-state index contributed by atoms with van der Waals surface area (Å²) in [6, 6.07) is 3.64. The standard InChI is InChI=1S/C11H14ClN3O/c1-3-8(6-16)9-5-10(12)15-11(13-9)4-7(2)14-15/h4-5,8,16H,3,6H2,1-2H3. The number of aromatic nitrogens is 3. The van der Waals surface area contributed by atoms with E-state index in [9.17, 15) is 5.11 Å². The third-order valence-corrected chi connectivity index (χ3v) is 2.93. The summed E-state index contributed by atoms with van der Waals surface area (Å²) in [5.41, 5.74) is 2.43. The van der Waals surface area contributed by atoms with Crippen molar-refractivity contribution in [3.63, 3.8) is 0 Å². The zero-order valence-electron chi connectivity index (χ0n) is 9.31. The number of aliphatic hydroxyl groups is 1. The molecule has 0 aliphatic rings. The van der Waals surface area contributed by atoms with Crippen molar-refractivity contribution in [3.05, 3.63) is 28.7 Å². The molecule has 2 aromatic rings. The first-order chi connectivity index (χ1) is 7.65. The molecule has 2 aromatic heterocycles. The highest BCUT2D eigenvalue weighted by molar-refractivity contribution is 6.29. The van der Waals surface area contributed by atoms with Gasteiger partial charge in [0.1, 0.15) is 5.15 Å². The van der Waals surface area contributed by atoms with Crippen LogP contribution >= 0.6 is 11.6 Å². The molecular weight excluding hydrogens is 226 g/mol. The molecule has 0 saturated heterocycles. The van der Waals surface area contributed by atoms with Gasteiger partial charge in [-0.3, -0.25) is 0 Å². The van der Waals surface area contributed by atoms with Crippen molar-refractivity contribution in [1.82, 2.24) is 14.6 Å². The molecule has 86 valence electrons. The monoisotopic (exact) mass is 239 g/mol. The van der Waals surface area contributed by atoms with E-state index in [1.165, 1.54) is 0 Å². The molecule has 0 saturated carbocycles. The molecule has 1 atom stereocenters. The third-order valence-electron chi connectivity index (χ3n) is 2.66. The average molecular weight is 240 g/mol. The Bertz CT molecular complexity index is 505. The Labute approximate surface area is 98.9 Å². The maximum absolute atomic E-state index is 9.24. The second kappa shape index (κ2) is 4.39. The van der Waals surface area contributed by atoms with Crippen LogP contribution in [0.4, 0.5) is 0 Å². The first-order valence-corrected chi connectivity index (χ1v) is 5.67. The SMILES string of the molecule is CCC(CO)c1cc(Cl)n2nc(C)cc2n1. The molecule has 0 bridgehead atoms. The molecule has 0 aliphatic carbocycles. The van der Waals surface area contributed by atoms with Gasteiger partial charge in [-0.15, -0.1) is 0 Å². The Hall–Kier alpha value is -1.13. The molecule has 0 amide bonds. The largest absolute Gasteiger partial charge is 0.396 e. The van der Waals surface area contributed by atoms with Crippen LogP contribution in [0.3, 0.4) is 0 Å². The Balaban J connectivity index is 2.56. The summed E-state index contributed by atoms with van der Waals surface area (Å²) in [7, 11) is 0. The molecule has 0 aliphatic heterocycles. The lowest BCUT2D eigenvalue weighted by atomic mass is 10.0. The van der Waals surface area contributed by atoms with Crippen LogP contribution in [-0.2, 0) is 0 Å². The summed E-state index contributed by atoms with van der Waals surface area (Å²) >= 11 is 6.11. The fourth-order valence-corrected chi connectivity index (χ4v) is 1.95. The van der Waals surface area contributed by atoms with Gasteiger partial charge in [0.15, 0.2) is 5.65 Å². The minimum atomic E-state index is 0.0395. The smallest absolute Gasteiger partial charge is 0.157 e. The quantitative estimate of drug-likeness (QED) is 0.836. The van der Waals surface area contributed by atoms with Crippen molar-refractivity contribution in [3.8, 4) is 0 Å². The van der Waals surface area contributed by atoms with Gasteiger partial charge in [-0.05, 0) is 19.4 Å². The van der Waals surface area contributed by atoms with Crippen LogP contribution < -0.4 is 0 Å². The van der Waals surface area contributed by atoms with Crippen molar-refractivity contribution in [1.29, 1.82) is 0 Å². The first-order valence-electron chi connectivity index (χ1n) is 5.29. The van der Waals surface area contributed by atoms with Crippen LogP contribution in [0, 0.1) is 6.92 Å². The van der Waals surface area contributed by atoms with Crippen molar-refractivity contribution in [2.45, 2.75) is 26.2 Å². The van der Waals surface area contributed by atoms with Crippen molar-refractivity contribution in [2.24, 2.45) is 0 Å². The van der Waals surface area contributed by atoms with Crippen LogP contribution in [0.25, 0.3) is 5.65 Å². The van der Waals surface area contributed by atoms with Crippen molar-refractivity contribution < 1.29 is 5.11 Å². The predicted molar refractivity (Wildman–Crippen MR) is 62.9 cm³/mol. The summed E-state index contributed by atoms with van der Waals surface area (Å²) in [6.45, 7) is 4.00. The third kappa shape index (κ3) is 1.90. The van der Waals surface area contributed by atoms with Gasteiger partial charge in [0, 0.05) is 12.0 Å². The van der Waals surface area contributed by atoms with Gasteiger partial charge in [0.25, 0.3) is 0 Å². The highest BCUT2D eigenvalue weighted by Crippen LogP contribution is 2.21. The van der Waals surface area contributed by atoms with Crippen LogP contribution in [-0.4, -0.2) is 26.3 Å². The highest BCUT2D eigenvalue weighted by Gasteiger charge is 2.13. The maximum Gasteiger partial charge on any atom is 0.157 e. The number of nitrogens with zero attached hydrogens (tertiary/aromatic N) is 3. The molecule has 2 rings (SSSR count). The fraction of sp³-hybridized carbons (Fsp3) is 0.455. The summed E-state index contributed by atoms with van der Waals surface area (Å²) in [5.74, 6) is 0.0395. The zero-order valence-corrected chi connectivity index (χ0v) is 10.1. The zero-order chi connectivity index (χ0) is 11.7. The van der Waals surface area contributed by atoms with Gasteiger partial charge < -0.3 is 5.11 Å². The number of rotatable bonds is 3. The number of hydrogen-bond acceptors (Lipinski definition) is 3. The summed E-state index contributed by atoms with van der Waals surface area (Å²) in [5, 5.41) is 14.0. The van der Waals surface area contributed by atoms with Crippen LogP contribution in [0.1, 0.15) is 30.7 Å². The molecular formula is C11H14ClN3O. The Morgan fingerprint density at radius 1 is 1.50 bits per heavy atom. The molecule has 0 spiro atoms. The second-order valence-corrected chi connectivity index (χ2v) is 4.23. The van der Waals surface area contributed by atoms with Crippen molar-refractivity contribution >= 4 is 17.2 Å². The van der Waals surface area contributed by atoms with E-state index in [4.69, 9.17) is 11.6 Å². The van der Waals surface area contributed by atoms with E-state index in [0.29, 0.717) is 5.15 Å². The molecule has 0 aromatic carbocycles. The number of aliphatic hydroxyl groups excluding tert-OH is 1. The summed E-state index contributed by atoms with van der Waals surface area (Å²) in [4.78, 5) is 4.45. The highest BCUT2D eigenvalue weighted by atomic mass is 35.5. The lowest BCUT2D eigenvalue weighted by Crippen LogP contribution is -2.07. The summed E-state index contributed by atoms with van der Waals surface area (Å²) < 4.78 is 1.60. The number of hydrogen-bond donors (Lipinski definition) is 1. The summed E-state index contributed by atoms with van der Waals surface area (Å²) in [6.07, 6.45) is 0.836. The molecule has 4 nitrogen and oxygen atoms in total. The Kier molecular flexibility index (Phi) is 3.12. The van der Waals surface area contributed by atoms with Gasteiger partial charge >= 0.3 is 0 Å². The fourth-order valence-electron chi connectivity index (χ4n) is 1.71. The van der Waals surface area contributed by atoms with E-state index in [0.717, 1.165) is 23.5 Å². The van der Waals surface area contributed by atoms with Crippen LogP contribution in [0.5, 0.6) is 0 Å². The molecule has 0 radical (unpaired) electrons. The van der Waals surface area contributed by atoms with E-state index in [2.05, 4.69) is 10.1 Å². The minimum Gasteiger partial charge on any atom is -0.396 e. The minimum absolute atomic E-state index is 0.0395. The number of halogens is 1. The molecule has 0 fully saturated rings. The molecule has 16 heavy (non-hydrogen) atoms. The van der Waals surface area contributed by atoms with Crippen LogP contribution in [0.2, 0.25) is 5.15 Å². The number of aryl methyl sites for hydroxylation is 1.